The van der Waals surface area contributed by atoms with E-state index < -0.39 is 0 Å². The zero-order valence-corrected chi connectivity index (χ0v) is 9.13. The number of hydrazine groups is 1. The van der Waals surface area contributed by atoms with Gasteiger partial charge in [0.05, 0.1) is 6.34 Å². The summed E-state index contributed by atoms with van der Waals surface area (Å²) in [7, 11) is 4.03. The Labute approximate surface area is 84.6 Å². The maximum absolute atomic E-state index is 4.41. The summed E-state index contributed by atoms with van der Waals surface area (Å²) >= 11 is 0. The lowest BCUT2D eigenvalue weighted by molar-refractivity contribution is 0.312. The molecule has 0 saturated carbocycles. The van der Waals surface area contributed by atoms with Gasteiger partial charge in [0.15, 0.2) is 5.82 Å². The van der Waals surface area contributed by atoms with Gasteiger partial charge in [-0.3, -0.25) is 5.01 Å². The quantitative estimate of drug-likeness (QED) is 0.619. The van der Waals surface area contributed by atoms with Crippen LogP contribution >= 0.6 is 0 Å². The minimum atomic E-state index is 0.939. The molecule has 0 bridgehead atoms. The highest BCUT2D eigenvalue weighted by Gasteiger charge is 2.22. The average Bonchev–Trinajstić information content (AvgIpc) is 2.14. The van der Waals surface area contributed by atoms with Crippen LogP contribution < -0.4 is 5.43 Å². The average molecular weight is 192 g/mol. The third-order valence-corrected chi connectivity index (χ3v) is 2.72. The van der Waals surface area contributed by atoms with Crippen molar-refractivity contribution in [1.29, 1.82) is 0 Å². The monoisotopic (exact) mass is 192 g/mol. The summed E-state index contributed by atoms with van der Waals surface area (Å²) in [6.45, 7) is 5.17. The first kappa shape index (κ1) is 9.12. The molecule has 0 aromatic carbocycles. The highest BCUT2D eigenvalue weighted by molar-refractivity contribution is 5.61. The fourth-order valence-corrected chi connectivity index (χ4v) is 1.78. The molecule has 0 aliphatic carbocycles. The van der Waals surface area contributed by atoms with Gasteiger partial charge in [-0.2, -0.15) is 0 Å². The highest BCUT2D eigenvalue weighted by atomic mass is 15.5. The second kappa shape index (κ2) is 3.04. The molecular formula is C10H16N4. The van der Waals surface area contributed by atoms with E-state index in [2.05, 4.69) is 29.2 Å². The number of rotatable bonds is 0. The highest BCUT2D eigenvalue weighted by Crippen LogP contribution is 2.26. The van der Waals surface area contributed by atoms with E-state index in [1.54, 1.807) is 0 Å². The first-order chi connectivity index (χ1) is 6.59. The smallest absolute Gasteiger partial charge is 0.153 e. The summed E-state index contributed by atoms with van der Waals surface area (Å²) in [4.78, 5) is 6.50. The first-order valence-electron chi connectivity index (χ1n) is 4.75. The van der Waals surface area contributed by atoms with Crippen LogP contribution in [0.2, 0.25) is 0 Å². The maximum Gasteiger partial charge on any atom is 0.153 e. The van der Waals surface area contributed by atoms with Crippen LogP contribution in [0.3, 0.4) is 0 Å². The van der Waals surface area contributed by atoms with Crippen LogP contribution in [0.25, 0.3) is 0 Å². The zero-order valence-electron chi connectivity index (χ0n) is 9.13. The Morgan fingerprint density at radius 3 is 2.79 bits per heavy atom. The maximum atomic E-state index is 4.41. The lowest BCUT2D eigenvalue weighted by atomic mass is 10.0. The summed E-state index contributed by atoms with van der Waals surface area (Å²) < 4.78 is 0. The lowest BCUT2D eigenvalue weighted by Gasteiger charge is -2.34. The van der Waals surface area contributed by atoms with Crippen molar-refractivity contribution < 1.29 is 0 Å². The Morgan fingerprint density at radius 1 is 1.36 bits per heavy atom. The summed E-state index contributed by atoms with van der Waals surface area (Å²) in [6, 6.07) is 0. The third kappa shape index (κ3) is 1.27. The molecular weight excluding hydrogens is 176 g/mol. The zero-order chi connectivity index (χ0) is 10.3. The van der Waals surface area contributed by atoms with Crippen molar-refractivity contribution in [2.75, 3.05) is 20.6 Å². The number of likely N-dealkylation sites (N-methyl/N-ethyl adjacent to an activating group) is 1. The van der Waals surface area contributed by atoms with Crippen molar-refractivity contribution in [2.45, 2.75) is 13.8 Å². The molecule has 0 atom stereocenters. The molecule has 0 radical (unpaired) electrons. The van der Waals surface area contributed by atoms with Crippen LogP contribution in [0.1, 0.15) is 13.8 Å². The van der Waals surface area contributed by atoms with Crippen LogP contribution in [0.15, 0.2) is 27.7 Å². The van der Waals surface area contributed by atoms with Crippen molar-refractivity contribution in [1.82, 2.24) is 15.3 Å². The van der Waals surface area contributed by atoms with Crippen LogP contribution in [0.4, 0.5) is 0 Å². The minimum Gasteiger partial charge on any atom is -0.361 e. The van der Waals surface area contributed by atoms with Gasteiger partial charge in [0, 0.05) is 31.9 Å². The molecule has 0 aromatic heterocycles. The topological polar surface area (TPSA) is 30.9 Å². The molecule has 2 aliphatic heterocycles. The Balaban J connectivity index is 2.45. The van der Waals surface area contributed by atoms with E-state index in [9.17, 15) is 0 Å². The molecule has 4 nitrogen and oxygen atoms in total. The molecule has 4 heteroatoms. The predicted molar refractivity (Wildman–Crippen MR) is 57.4 cm³/mol. The van der Waals surface area contributed by atoms with Crippen molar-refractivity contribution in [3.8, 4) is 0 Å². The molecule has 0 fully saturated rings. The van der Waals surface area contributed by atoms with E-state index in [4.69, 9.17) is 0 Å². The van der Waals surface area contributed by atoms with E-state index in [0.29, 0.717) is 0 Å². The molecule has 0 amide bonds. The summed E-state index contributed by atoms with van der Waals surface area (Å²) in [5.74, 6) is 1.03. The van der Waals surface area contributed by atoms with Gasteiger partial charge in [0.25, 0.3) is 0 Å². The van der Waals surface area contributed by atoms with Crippen molar-refractivity contribution >= 4 is 6.34 Å². The van der Waals surface area contributed by atoms with E-state index >= 15 is 0 Å². The molecule has 2 aliphatic rings. The number of hydrogen-bond donors (Lipinski definition) is 1. The summed E-state index contributed by atoms with van der Waals surface area (Å²) in [5.41, 5.74) is 7.09. The van der Waals surface area contributed by atoms with E-state index in [0.717, 1.165) is 12.4 Å². The normalized spacial score (nSPS) is 21.4. The fourth-order valence-electron chi connectivity index (χ4n) is 1.78. The van der Waals surface area contributed by atoms with Gasteiger partial charge >= 0.3 is 0 Å². The standard InChI is InChI=1S/C10H16N4/c1-7-8(2)12-14(4)10-9(7)5-13(3)6-11-10/h6,12H,5H2,1-4H3. The predicted octanol–water partition coefficient (Wildman–Crippen LogP) is 0.916. The molecule has 76 valence electrons. The molecule has 0 unspecified atom stereocenters. The number of aliphatic imine (C=N–C) groups is 1. The molecule has 14 heavy (non-hydrogen) atoms. The Bertz CT molecular complexity index is 351. The van der Waals surface area contributed by atoms with Gasteiger partial charge in [-0.15, -0.1) is 0 Å². The van der Waals surface area contributed by atoms with Gasteiger partial charge in [0.2, 0.25) is 0 Å². The van der Waals surface area contributed by atoms with Crippen molar-refractivity contribution in [3.63, 3.8) is 0 Å². The van der Waals surface area contributed by atoms with E-state index in [1.165, 1.54) is 16.8 Å². The van der Waals surface area contributed by atoms with Crippen LogP contribution in [-0.2, 0) is 0 Å². The summed E-state index contributed by atoms with van der Waals surface area (Å²) in [6.07, 6.45) is 1.87. The van der Waals surface area contributed by atoms with E-state index in [-0.39, 0.29) is 0 Å². The van der Waals surface area contributed by atoms with Gasteiger partial charge < -0.3 is 10.3 Å². The largest absolute Gasteiger partial charge is 0.361 e. The molecule has 1 N–H and O–H groups in total. The Kier molecular flexibility index (Phi) is 1.98. The number of hydrogen-bond acceptors (Lipinski definition) is 4. The van der Waals surface area contributed by atoms with Crippen molar-refractivity contribution in [2.24, 2.45) is 4.99 Å². The number of allylic oxidation sites excluding steroid dienone is 1. The fraction of sp³-hybridized carbons (Fsp3) is 0.500. The number of nitrogens with zero attached hydrogens (tertiary/aromatic N) is 3. The molecule has 0 spiro atoms. The van der Waals surface area contributed by atoms with Gasteiger partial charge in [0.1, 0.15) is 0 Å². The molecule has 0 saturated heterocycles. The Morgan fingerprint density at radius 2 is 2.07 bits per heavy atom. The van der Waals surface area contributed by atoms with E-state index in [1.807, 2.05) is 25.4 Å². The van der Waals surface area contributed by atoms with Crippen LogP contribution in [-0.4, -0.2) is 36.9 Å². The first-order valence-corrected chi connectivity index (χ1v) is 4.75. The summed E-state index contributed by atoms with van der Waals surface area (Å²) in [5, 5.41) is 1.97. The van der Waals surface area contributed by atoms with Crippen LogP contribution in [0, 0.1) is 0 Å². The molecule has 2 heterocycles. The van der Waals surface area contributed by atoms with Crippen molar-refractivity contribution in [3.05, 3.63) is 22.7 Å². The Hall–Kier alpha value is -1.45. The third-order valence-electron chi connectivity index (χ3n) is 2.72. The SMILES string of the molecule is CC1=C(C)C2=C(N=CN(C)C2)N(C)N1. The minimum absolute atomic E-state index is 0.939. The lowest BCUT2D eigenvalue weighted by Crippen LogP contribution is -2.40. The molecule has 2 rings (SSSR count). The second-order valence-corrected chi connectivity index (χ2v) is 3.88. The van der Waals surface area contributed by atoms with Gasteiger partial charge in [-0.05, 0) is 19.4 Å². The second-order valence-electron chi connectivity index (χ2n) is 3.88. The number of nitrogens with one attached hydrogen (secondary N) is 1. The van der Waals surface area contributed by atoms with Gasteiger partial charge in [-0.25, -0.2) is 4.99 Å². The molecule has 0 aromatic rings. The van der Waals surface area contributed by atoms with Crippen LogP contribution in [0.5, 0.6) is 0 Å². The van der Waals surface area contributed by atoms with Gasteiger partial charge in [-0.1, -0.05) is 0 Å².